The molecule has 24 heavy (non-hydrogen) atoms. The summed E-state index contributed by atoms with van der Waals surface area (Å²) in [5.74, 6) is 3.56. The summed E-state index contributed by atoms with van der Waals surface area (Å²) in [5, 5.41) is 2.92. The van der Waals surface area contributed by atoms with Crippen LogP contribution in [0.1, 0.15) is 11.1 Å². The molecule has 0 atom stereocenters. The van der Waals surface area contributed by atoms with Crippen molar-refractivity contribution >= 4 is 17.7 Å². The van der Waals surface area contributed by atoms with Crippen molar-refractivity contribution in [3.63, 3.8) is 0 Å². The van der Waals surface area contributed by atoms with Crippen molar-refractivity contribution in [2.45, 2.75) is 12.3 Å². The maximum atomic E-state index is 11.9. The second-order valence-electron chi connectivity index (χ2n) is 5.31. The Balaban J connectivity index is 1.39. The van der Waals surface area contributed by atoms with Crippen molar-refractivity contribution in [2.75, 3.05) is 19.7 Å². The third kappa shape index (κ3) is 4.35. The number of carbonyl (C=O) groups excluding carboxylic acids is 1. The monoisotopic (exact) mass is 345 g/mol. The lowest BCUT2D eigenvalue weighted by Crippen LogP contribution is -2.24. The molecule has 0 radical (unpaired) electrons. The minimum Gasteiger partial charge on any atom is -0.497 e. The number of hydrogen-bond donors (Lipinski definition) is 1. The van der Waals surface area contributed by atoms with Crippen molar-refractivity contribution in [2.24, 2.45) is 0 Å². The maximum absolute atomic E-state index is 11.9. The van der Waals surface area contributed by atoms with E-state index in [1.54, 1.807) is 18.9 Å². The molecule has 1 heterocycles. The van der Waals surface area contributed by atoms with Gasteiger partial charge in [-0.3, -0.25) is 4.79 Å². The Hall–Kier alpha value is -2.34. The van der Waals surface area contributed by atoms with Gasteiger partial charge in [-0.2, -0.15) is 0 Å². The van der Waals surface area contributed by atoms with Gasteiger partial charge in [0.05, 0.1) is 12.9 Å². The van der Waals surface area contributed by atoms with Crippen molar-refractivity contribution < 1.29 is 19.0 Å². The third-order valence-corrected chi connectivity index (χ3v) is 4.59. The zero-order chi connectivity index (χ0) is 16.8. The molecule has 0 saturated carbocycles. The van der Waals surface area contributed by atoms with Gasteiger partial charge in [0.1, 0.15) is 5.75 Å². The zero-order valence-electron chi connectivity index (χ0n) is 13.4. The van der Waals surface area contributed by atoms with Gasteiger partial charge in [0.15, 0.2) is 11.5 Å². The second kappa shape index (κ2) is 7.97. The smallest absolute Gasteiger partial charge is 0.231 e. The van der Waals surface area contributed by atoms with Gasteiger partial charge >= 0.3 is 0 Å². The van der Waals surface area contributed by atoms with Crippen molar-refractivity contribution in [1.29, 1.82) is 0 Å². The van der Waals surface area contributed by atoms with Crippen molar-refractivity contribution in [3.8, 4) is 17.2 Å². The summed E-state index contributed by atoms with van der Waals surface area (Å²) < 4.78 is 15.7. The first-order chi connectivity index (χ1) is 11.7. The molecular formula is C18H19NO4S. The van der Waals surface area contributed by atoms with E-state index in [1.165, 1.54) is 5.56 Å². The number of rotatable bonds is 7. The highest BCUT2D eigenvalue weighted by Gasteiger charge is 2.13. The van der Waals surface area contributed by atoms with Crippen LogP contribution in [0.5, 0.6) is 17.2 Å². The standard InChI is InChI=1S/C18H19NO4S/c1-21-15-5-2-13(3-6-15)10-24-11-18(20)19-9-14-4-7-16-17(8-14)23-12-22-16/h2-8H,9-12H2,1H3,(H,19,20). The van der Waals surface area contributed by atoms with Crippen LogP contribution in [0.25, 0.3) is 0 Å². The molecule has 0 unspecified atom stereocenters. The second-order valence-corrected chi connectivity index (χ2v) is 6.29. The first-order valence-corrected chi connectivity index (χ1v) is 8.76. The highest BCUT2D eigenvalue weighted by molar-refractivity contribution is 7.99. The van der Waals surface area contributed by atoms with Gasteiger partial charge in [0, 0.05) is 12.3 Å². The molecule has 1 aliphatic rings. The molecule has 0 aliphatic carbocycles. The van der Waals surface area contributed by atoms with Gasteiger partial charge < -0.3 is 19.5 Å². The maximum Gasteiger partial charge on any atom is 0.231 e. The number of methoxy groups -OCH3 is 1. The zero-order valence-corrected chi connectivity index (χ0v) is 14.2. The van der Waals surface area contributed by atoms with Gasteiger partial charge in [0.25, 0.3) is 0 Å². The predicted molar refractivity (Wildman–Crippen MR) is 93.6 cm³/mol. The van der Waals surface area contributed by atoms with E-state index in [0.717, 1.165) is 28.6 Å². The lowest BCUT2D eigenvalue weighted by molar-refractivity contribution is -0.118. The highest BCUT2D eigenvalue weighted by atomic mass is 32.2. The Morgan fingerprint density at radius 2 is 1.88 bits per heavy atom. The molecule has 5 nitrogen and oxygen atoms in total. The summed E-state index contributed by atoms with van der Waals surface area (Å²) in [5.41, 5.74) is 2.16. The van der Waals surface area contributed by atoms with Gasteiger partial charge in [-0.1, -0.05) is 18.2 Å². The fraction of sp³-hybridized carbons (Fsp3) is 0.278. The summed E-state index contributed by atoms with van der Waals surface area (Å²) in [6.45, 7) is 0.742. The number of thioether (sulfide) groups is 1. The van der Waals surface area contributed by atoms with Gasteiger partial charge in [-0.05, 0) is 35.4 Å². The molecule has 0 saturated heterocycles. The normalized spacial score (nSPS) is 12.0. The van der Waals surface area contributed by atoms with Crippen LogP contribution in [0.2, 0.25) is 0 Å². The summed E-state index contributed by atoms with van der Waals surface area (Å²) in [7, 11) is 1.65. The average molecular weight is 345 g/mol. The first kappa shape index (κ1) is 16.5. The summed E-state index contributed by atoms with van der Waals surface area (Å²) >= 11 is 1.59. The number of hydrogen-bond acceptors (Lipinski definition) is 5. The van der Waals surface area contributed by atoms with Gasteiger partial charge in [-0.15, -0.1) is 11.8 Å². The largest absolute Gasteiger partial charge is 0.497 e. The molecule has 126 valence electrons. The summed E-state index contributed by atoms with van der Waals surface area (Å²) in [4.78, 5) is 11.9. The molecule has 0 fully saturated rings. The number of ether oxygens (including phenoxy) is 3. The Morgan fingerprint density at radius 1 is 1.12 bits per heavy atom. The molecule has 3 rings (SSSR count). The number of nitrogens with one attached hydrogen (secondary N) is 1. The van der Waals surface area contributed by atoms with Crippen LogP contribution in [0.4, 0.5) is 0 Å². The molecule has 2 aromatic carbocycles. The minimum atomic E-state index is 0.0196. The Kier molecular flexibility index (Phi) is 5.48. The van der Waals surface area contributed by atoms with E-state index < -0.39 is 0 Å². The van der Waals surface area contributed by atoms with E-state index in [1.807, 2.05) is 42.5 Å². The minimum absolute atomic E-state index is 0.0196. The molecule has 1 N–H and O–H groups in total. The Bertz CT molecular complexity index is 703. The molecule has 2 aromatic rings. The fourth-order valence-electron chi connectivity index (χ4n) is 2.29. The van der Waals surface area contributed by atoms with E-state index in [9.17, 15) is 4.79 Å². The van der Waals surface area contributed by atoms with E-state index in [4.69, 9.17) is 14.2 Å². The fourth-order valence-corrected chi connectivity index (χ4v) is 3.10. The van der Waals surface area contributed by atoms with E-state index >= 15 is 0 Å². The quantitative estimate of drug-likeness (QED) is 0.836. The molecule has 6 heteroatoms. The molecule has 0 bridgehead atoms. The number of benzene rings is 2. The predicted octanol–water partition coefficient (Wildman–Crippen LogP) is 2.97. The molecule has 1 amide bonds. The van der Waals surface area contributed by atoms with Crippen LogP contribution in [0, 0.1) is 0 Å². The number of carbonyl (C=O) groups is 1. The van der Waals surface area contributed by atoms with Crippen molar-refractivity contribution in [1.82, 2.24) is 5.32 Å². The lowest BCUT2D eigenvalue weighted by Gasteiger charge is -2.07. The number of fused-ring (bicyclic) bond motifs is 1. The lowest BCUT2D eigenvalue weighted by atomic mass is 10.2. The Labute approximate surface area is 145 Å². The van der Waals surface area contributed by atoms with Crippen molar-refractivity contribution in [3.05, 3.63) is 53.6 Å². The van der Waals surface area contributed by atoms with Crippen LogP contribution in [-0.4, -0.2) is 25.6 Å². The van der Waals surface area contributed by atoms with E-state index in [-0.39, 0.29) is 12.7 Å². The summed E-state index contributed by atoms with van der Waals surface area (Å²) in [6.07, 6.45) is 0. The molecule has 0 aromatic heterocycles. The first-order valence-electron chi connectivity index (χ1n) is 7.60. The SMILES string of the molecule is COc1ccc(CSCC(=O)NCc2ccc3c(c2)OCO3)cc1. The van der Waals surface area contributed by atoms with E-state index in [2.05, 4.69) is 5.32 Å². The number of amides is 1. The highest BCUT2D eigenvalue weighted by Crippen LogP contribution is 2.32. The Morgan fingerprint density at radius 3 is 2.67 bits per heavy atom. The summed E-state index contributed by atoms with van der Waals surface area (Å²) in [6, 6.07) is 13.6. The topological polar surface area (TPSA) is 56.8 Å². The van der Waals surface area contributed by atoms with Crippen LogP contribution in [0.3, 0.4) is 0 Å². The van der Waals surface area contributed by atoms with Crippen LogP contribution < -0.4 is 19.5 Å². The van der Waals surface area contributed by atoms with Crippen LogP contribution >= 0.6 is 11.8 Å². The van der Waals surface area contributed by atoms with Crippen LogP contribution in [0.15, 0.2) is 42.5 Å². The third-order valence-electron chi connectivity index (χ3n) is 3.59. The molecular weight excluding hydrogens is 326 g/mol. The van der Waals surface area contributed by atoms with Gasteiger partial charge in [-0.25, -0.2) is 0 Å². The average Bonchev–Trinajstić information content (AvgIpc) is 3.08. The van der Waals surface area contributed by atoms with Crippen LogP contribution in [-0.2, 0) is 17.1 Å². The molecule has 1 aliphatic heterocycles. The van der Waals surface area contributed by atoms with Gasteiger partial charge in [0.2, 0.25) is 12.7 Å². The molecule has 0 spiro atoms. The van der Waals surface area contributed by atoms with E-state index in [0.29, 0.717) is 12.3 Å².